The van der Waals surface area contributed by atoms with Gasteiger partial charge in [0.05, 0.1) is 11.5 Å². The van der Waals surface area contributed by atoms with E-state index in [4.69, 9.17) is 5.73 Å². The number of β-lactam (4-membered cyclic amide) rings is 1. The van der Waals surface area contributed by atoms with Crippen LogP contribution in [0.1, 0.15) is 52.0 Å². The summed E-state index contributed by atoms with van der Waals surface area (Å²) in [5, 5.41) is 36.4. The van der Waals surface area contributed by atoms with Crippen molar-refractivity contribution >= 4 is 11.7 Å². The summed E-state index contributed by atoms with van der Waals surface area (Å²) in [6.07, 6.45) is 17.8. The van der Waals surface area contributed by atoms with Crippen LogP contribution < -0.4 is 11.1 Å². The van der Waals surface area contributed by atoms with Gasteiger partial charge >= 0.3 is 0 Å². The molecule has 1 aromatic heterocycles. The first kappa shape index (κ1) is 25.3. The van der Waals surface area contributed by atoms with Gasteiger partial charge < -0.3 is 21.1 Å². The Bertz CT molecular complexity index is 1100. The second-order valence-corrected chi connectivity index (χ2v) is 10.3. The van der Waals surface area contributed by atoms with E-state index in [2.05, 4.69) is 28.5 Å². The molecule has 0 spiro atoms. The predicted octanol–water partition coefficient (Wildman–Crippen LogP) is 2.30. The lowest BCUT2D eigenvalue weighted by atomic mass is 9.65. The van der Waals surface area contributed by atoms with Crippen LogP contribution in [-0.2, 0) is 11.2 Å². The monoisotopic (exact) mass is 480 g/mol. The number of likely N-dealkylation sites (tertiary alicyclic amines) is 1. The van der Waals surface area contributed by atoms with Gasteiger partial charge in [-0.15, -0.1) is 0 Å². The lowest BCUT2D eigenvalue weighted by molar-refractivity contribution is -0.295. The summed E-state index contributed by atoms with van der Waals surface area (Å²) in [7, 11) is 0. The fraction of sp³-hybridized carbons (Fsp3) is 0.481. The summed E-state index contributed by atoms with van der Waals surface area (Å²) < 4.78 is 0. The van der Waals surface area contributed by atoms with E-state index < -0.39 is 23.1 Å². The van der Waals surface area contributed by atoms with E-state index in [1.807, 2.05) is 18.2 Å². The van der Waals surface area contributed by atoms with E-state index in [1.54, 1.807) is 25.3 Å². The van der Waals surface area contributed by atoms with E-state index in [9.17, 15) is 20.1 Å². The fourth-order valence-electron chi connectivity index (χ4n) is 5.67. The number of nitrogen functional groups attached to an aromatic ring is 1. The molecule has 1 aromatic rings. The zero-order chi connectivity index (χ0) is 25.4. The number of nitrogens with two attached hydrogens (primary N) is 1. The van der Waals surface area contributed by atoms with Gasteiger partial charge in [0.15, 0.2) is 11.6 Å². The SMILES string of the molecule is CC(O)(O)C1N(C(C)(O)NC(C2=CCCC=C2)C2=CC=CCC2)C(=O)C1(C)Cc1ccnc(N)c1. The fourth-order valence-corrected chi connectivity index (χ4v) is 5.67. The van der Waals surface area contributed by atoms with E-state index >= 15 is 0 Å². The van der Waals surface area contributed by atoms with Crippen LogP contribution in [-0.4, -0.2) is 54.8 Å². The molecular formula is C27H36N4O4. The zero-order valence-corrected chi connectivity index (χ0v) is 20.6. The van der Waals surface area contributed by atoms with Gasteiger partial charge in [-0.2, -0.15) is 0 Å². The van der Waals surface area contributed by atoms with Crippen LogP contribution in [0, 0.1) is 5.41 Å². The number of amides is 1. The number of carbonyl (C=O) groups excluding carboxylic acids is 1. The molecule has 4 atom stereocenters. The number of rotatable bonds is 8. The minimum Gasteiger partial charge on any atom is -0.384 e. The van der Waals surface area contributed by atoms with Crippen molar-refractivity contribution in [2.24, 2.45) is 5.41 Å². The molecule has 8 heteroatoms. The molecule has 4 unspecified atom stereocenters. The average Bonchev–Trinajstić information content (AvgIpc) is 2.81. The number of aromatic nitrogens is 1. The molecule has 1 fully saturated rings. The average molecular weight is 481 g/mol. The summed E-state index contributed by atoms with van der Waals surface area (Å²) >= 11 is 0. The normalized spacial score (nSPS) is 27.1. The van der Waals surface area contributed by atoms with E-state index in [-0.39, 0.29) is 18.4 Å². The molecule has 2 aliphatic carbocycles. The number of nitrogens with zero attached hydrogens (tertiary/aromatic N) is 2. The molecule has 0 bridgehead atoms. The molecule has 35 heavy (non-hydrogen) atoms. The summed E-state index contributed by atoms with van der Waals surface area (Å²) in [5.41, 5.74) is 7.52. The van der Waals surface area contributed by atoms with Crippen LogP contribution in [0.2, 0.25) is 0 Å². The molecule has 0 radical (unpaired) electrons. The lowest BCUT2D eigenvalue weighted by Crippen LogP contribution is -2.83. The van der Waals surface area contributed by atoms with Gasteiger partial charge in [0, 0.05) is 6.20 Å². The van der Waals surface area contributed by atoms with Gasteiger partial charge in [0.2, 0.25) is 5.91 Å². The highest BCUT2D eigenvalue weighted by Crippen LogP contribution is 2.49. The van der Waals surface area contributed by atoms with Gasteiger partial charge in [0.25, 0.3) is 0 Å². The van der Waals surface area contributed by atoms with Crippen molar-refractivity contribution < 1.29 is 20.1 Å². The highest BCUT2D eigenvalue weighted by molar-refractivity contribution is 5.91. The third-order valence-electron chi connectivity index (χ3n) is 7.16. The lowest BCUT2D eigenvalue weighted by Gasteiger charge is -2.62. The third-order valence-corrected chi connectivity index (χ3v) is 7.16. The number of hydrogen-bond acceptors (Lipinski definition) is 7. The number of anilines is 1. The Morgan fingerprint density at radius 1 is 1.26 bits per heavy atom. The highest BCUT2D eigenvalue weighted by atomic mass is 16.5. The van der Waals surface area contributed by atoms with Crippen molar-refractivity contribution in [3.8, 4) is 0 Å². The molecule has 0 saturated carbocycles. The minimum absolute atomic E-state index is 0.222. The maximum absolute atomic E-state index is 13.6. The van der Waals surface area contributed by atoms with Gasteiger partial charge in [-0.05, 0) is 81.7 Å². The number of hydrogen-bond donors (Lipinski definition) is 5. The number of aliphatic hydroxyl groups is 3. The molecule has 4 rings (SSSR count). The third kappa shape index (κ3) is 4.97. The van der Waals surface area contributed by atoms with E-state index in [1.165, 1.54) is 13.8 Å². The van der Waals surface area contributed by atoms with Gasteiger partial charge in [-0.3, -0.25) is 15.0 Å². The number of pyridine rings is 1. The van der Waals surface area contributed by atoms with Crippen molar-refractivity contribution in [2.45, 2.75) is 76.6 Å². The summed E-state index contributed by atoms with van der Waals surface area (Å²) in [4.78, 5) is 18.8. The van der Waals surface area contributed by atoms with Crippen LogP contribution in [0.25, 0.3) is 0 Å². The molecule has 1 saturated heterocycles. The second kappa shape index (κ2) is 9.35. The largest absolute Gasteiger partial charge is 0.384 e. The summed E-state index contributed by atoms with van der Waals surface area (Å²) in [6.45, 7) is 4.42. The molecule has 3 aliphatic rings. The van der Waals surface area contributed by atoms with Crippen LogP contribution in [0.5, 0.6) is 0 Å². The van der Waals surface area contributed by atoms with Crippen LogP contribution in [0.15, 0.2) is 65.9 Å². The Morgan fingerprint density at radius 3 is 2.63 bits per heavy atom. The summed E-state index contributed by atoms with van der Waals surface area (Å²) in [5.74, 6) is -4.15. The van der Waals surface area contributed by atoms with Gasteiger partial charge in [-0.1, -0.05) is 36.5 Å². The zero-order valence-electron chi connectivity index (χ0n) is 20.6. The molecule has 1 aliphatic heterocycles. The predicted molar refractivity (Wildman–Crippen MR) is 134 cm³/mol. The number of carbonyl (C=O) groups is 1. The molecule has 1 amide bonds. The first-order valence-electron chi connectivity index (χ1n) is 12.1. The molecule has 0 aromatic carbocycles. The topological polar surface area (TPSA) is 132 Å². The Morgan fingerprint density at radius 2 is 2.03 bits per heavy atom. The first-order chi connectivity index (χ1) is 16.4. The number of nitrogens with one attached hydrogen (secondary N) is 1. The van der Waals surface area contributed by atoms with Crippen LogP contribution >= 0.6 is 0 Å². The van der Waals surface area contributed by atoms with Crippen molar-refractivity contribution in [3.63, 3.8) is 0 Å². The maximum atomic E-state index is 13.6. The Hall–Kier alpha value is -2.78. The standard InChI is InChI=1S/C27H36N4O4/c1-25(17-18-14-15-29-21(28)16-18)23(26(2,33)34)31(24(25)32)27(3,35)30-22(19-10-6-4-7-11-19)20-12-8-5-9-13-20/h4,6,8,10,12-16,22-23,30,33-35H,5,7,9,11,17H2,1-3H3,(H2,28,29). The second-order valence-electron chi connectivity index (χ2n) is 10.3. The van der Waals surface area contributed by atoms with Crippen molar-refractivity contribution in [1.29, 1.82) is 0 Å². The molecule has 6 N–H and O–H groups in total. The van der Waals surface area contributed by atoms with Crippen LogP contribution in [0.4, 0.5) is 5.82 Å². The van der Waals surface area contributed by atoms with E-state index in [0.29, 0.717) is 5.82 Å². The first-order valence-corrected chi connectivity index (χ1v) is 12.1. The Balaban J connectivity index is 1.65. The molecule has 188 valence electrons. The van der Waals surface area contributed by atoms with E-state index in [0.717, 1.165) is 47.3 Å². The van der Waals surface area contributed by atoms with Crippen LogP contribution in [0.3, 0.4) is 0 Å². The van der Waals surface area contributed by atoms with Gasteiger partial charge in [0.1, 0.15) is 11.9 Å². The molecule has 2 heterocycles. The maximum Gasteiger partial charge on any atom is 0.234 e. The molecular weight excluding hydrogens is 444 g/mol. The highest BCUT2D eigenvalue weighted by Gasteiger charge is 2.67. The van der Waals surface area contributed by atoms with Crippen molar-refractivity contribution in [3.05, 3.63) is 71.5 Å². The Labute approximate surface area is 206 Å². The summed E-state index contributed by atoms with van der Waals surface area (Å²) in [6, 6.07) is 2.02. The molecule has 8 nitrogen and oxygen atoms in total. The number of allylic oxidation sites excluding steroid dienone is 5. The minimum atomic E-state index is -2.25. The smallest absolute Gasteiger partial charge is 0.234 e. The van der Waals surface area contributed by atoms with Crippen molar-refractivity contribution in [2.75, 3.05) is 5.73 Å². The quantitative estimate of drug-likeness (QED) is 0.285. The van der Waals surface area contributed by atoms with Gasteiger partial charge in [-0.25, -0.2) is 4.98 Å². The van der Waals surface area contributed by atoms with Crippen molar-refractivity contribution in [1.82, 2.24) is 15.2 Å². The Kier molecular flexibility index (Phi) is 6.76.